The Balaban J connectivity index is 1.46. The van der Waals surface area contributed by atoms with E-state index >= 15 is 0 Å². The molecular weight excluding hydrogens is 374 g/mol. The molecule has 30 heavy (non-hydrogen) atoms. The lowest BCUT2D eigenvalue weighted by atomic mass is 10.0. The molecule has 0 radical (unpaired) electrons. The molecule has 1 amide bonds. The second-order valence-electron chi connectivity index (χ2n) is 9.13. The van der Waals surface area contributed by atoms with Gasteiger partial charge in [-0.1, -0.05) is 38.1 Å². The molecule has 0 bridgehead atoms. The summed E-state index contributed by atoms with van der Waals surface area (Å²) in [7, 11) is 0. The summed E-state index contributed by atoms with van der Waals surface area (Å²) in [5, 5.41) is 0. The third-order valence-electron chi connectivity index (χ3n) is 5.99. The third kappa shape index (κ3) is 4.84. The van der Waals surface area contributed by atoms with Crippen molar-refractivity contribution in [1.29, 1.82) is 0 Å². The van der Waals surface area contributed by atoms with E-state index in [2.05, 4.69) is 61.8 Å². The summed E-state index contributed by atoms with van der Waals surface area (Å²) in [6.45, 7) is 10.9. The summed E-state index contributed by atoms with van der Waals surface area (Å²) in [5.41, 5.74) is 3.17. The van der Waals surface area contributed by atoms with Crippen LogP contribution in [0.3, 0.4) is 0 Å². The Hall–Kier alpha value is -2.40. The first-order valence-electron chi connectivity index (χ1n) is 11.2. The number of ether oxygens (including phenoxy) is 1. The average Bonchev–Trinajstić information content (AvgIpc) is 3.56. The number of rotatable bonds is 6. The minimum absolute atomic E-state index is 0.0770. The van der Waals surface area contributed by atoms with Gasteiger partial charge in [-0.3, -0.25) is 4.79 Å². The molecule has 1 aromatic heterocycles. The highest BCUT2D eigenvalue weighted by Gasteiger charge is 2.33. The van der Waals surface area contributed by atoms with Crippen LogP contribution in [0.2, 0.25) is 0 Å². The van der Waals surface area contributed by atoms with E-state index in [1.54, 1.807) is 6.20 Å². The number of benzene rings is 1. The zero-order valence-corrected chi connectivity index (χ0v) is 18.5. The van der Waals surface area contributed by atoms with Crippen molar-refractivity contribution in [3.05, 3.63) is 59.3 Å². The summed E-state index contributed by atoms with van der Waals surface area (Å²) in [4.78, 5) is 22.1. The van der Waals surface area contributed by atoms with E-state index in [1.165, 1.54) is 11.1 Å². The van der Waals surface area contributed by atoms with Gasteiger partial charge in [0.1, 0.15) is 5.82 Å². The lowest BCUT2D eigenvalue weighted by molar-refractivity contribution is -0.00546. The van der Waals surface area contributed by atoms with Crippen LogP contribution in [0.5, 0.6) is 0 Å². The van der Waals surface area contributed by atoms with Gasteiger partial charge < -0.3 is 14.5 Å². The second-order valence-corrected chi connectivity index (χ2v) is 9.13. The average molecular weight is 408 g/mol. The first-order chi connectivity index (χ1) is 14.4. The van der Waals surface area contributed by atoms with Gasteiger partial charge in [0.2, 0.25) is 0 Å². The molecule has 2 aliphatic rings. The van der Waals surface area contributed by atoms with E-state index < -0.39 is 0 Å². The number of carbonyl (C=O) groups is 1. The normalized spacial score (nSPS) is 21.7. The number of pyridine rings is 1. The second kappa shape index (κ2) is 8.76. The zero-order valence-electron chi connectivity index (χ0n) is 18.5. The number of carbonyl (C=O) groups excluding carboxylic acids is 1. The lowest BCUT2D eigenvalue weighted by Gasteiger charge is -2.36. The maximum absolute atomic E-state index is 13.2. The van der Waals surface area contributed by atoms with Crippen molar-refractivity contribution in [2.75, 3.05) is 18.0 Å². The van der Waals surface area contributed by atoms with Crippen molar-refractivity contribution in [3.8, 4) is 0 Å². The van der Waals surface area contributed by atoms with E-state index in [0.717, 1.165) is 31.7 Å². The Morgan fingerprint density at radius 3 is 2.30 bits per heavy atom. The molecule has 1 saturated heterocycles. The van der Waals surface area contributed by atoms with E-state index in [0.29, 0.717) is 24.1 Å². The number of nitrogens with zero attached hydrogens (tertiary/aromatic N) is 3. The molecule has 5 nitrogen and oxygen atoms in total. The molecule has 2 atom stereocenters. The zero-order chi connectivity index (χ0) is 21.3. The van der Waals surface area contributed by atoms with Crippen LogP contribution in [0.15, 0.2) is 42.6 Å². The first-order valence-corrected chi connectivity index (χ1v) is 11.2. The van der Waals surface area contributed by atoms with Crippen LogP contribution in [0.25, 0.3) is 0 Å². The topological polar surface area (TPSA) is 45.7 Å². The van der Waals surface area contributed by atoms with Crippen LogP contribution in [-0.4, -0.2) is 47.1 Å². The number of anilines is 1. The predicted octanol–water partition coefficient (Wildman–Crippen LogP) is 4.62. The van der Waals surface area contributed by atoms with E-state index in [4.69, 9.17) is 4.74 Å². The fraction of sp³-hybridized carbons (Fsp3) is 0.520. The van der Waals surface area contributed by atoms with Crippen LogP contribution in [-0.2, 0) is 11.3 Å². The molecule has 0 N–H and O–H groups in total. The molecular formula is C25H33N3O2. The molecule has 2 heterocycles. The SMILES string of the molecule is CC1CN(c2ccc(C(=O)N(Cc3ccc(C(C)C)cc3)C3CC3)cn2)CC(C)O1. The molecule has 2 fully saturated rings. The standard InChI is InChI=1S/C25H33N3O2/c1-17(2)21-7-5-20(6-8-21)16-28(23-10-11-23)25(29)22-9-12-24(26-13-22)27-14-18(3)30-19(4)15-27/h5-9,12-13,17-19,23H,10-11,14-16H2,1-4H3. The van der Waals surface area contributed by atoms with Gasteiger partial charge in [0.15, 0.2) is 0 Å². The Morgan fingerprint density at radius 2 is 1.77 bits per heavy atom. The predicted molar refractivity (Wildman–Crippen MR) is 120 cm³/mol. The van der Waals surface area contributed by atoms with Crippen molar-refractivity contribution in [2.24, 2.45) is 0 Å². The van der Waals surface area contributed by atoms with Crippen LogP contribution in [0.4, 0.5) is 5.82 Å². The molecule has 1 saturated carbocycles. The molecule has 1 aliphatic carbocycles. The number of hydrogen-bond acceptors (Lipinski definition) is 4. The van der Waals surface area contributed by atoms with E-state index in [-0.39, 0.29) is 18.1 Å². The molecule has 0 spiro atoms. The largest absolute Gasteiger partial charge is 0.372 e. The van der Waals surface area contributed by atoms with Gasteiger partial charge in [-0.05, 0) is 55.9 Å². The highest BCUT2D eigenvalue weighted by molar-refractivity contribution is 5.94. The molecule has 160 valence electrons. The summed E-state index contributed by atoms with van der Waals surface area (Å²) in [6.07, 6.45) is 4.28. The minimum atomic E-state index is 0.0770. The molecule has 1 aromatic carbocycles. The van der Waals surface area contributed by atoms with Crippen LogP contribution < -0.4 is 4.90 Å². The molecule has 2 unspecified atom stereocenters. The minimum Gasteiger partial charge on any atom is -0.372 e. The highest BCUT2D eigenvalue weighted by Crippen LogP contribution is 2.30. The lowest BCUT2D eigenvalue weighted by Crippen LogP contribution is -2.45. The van der Waals surface area contributed by atoms with Crippen molar-refractivity contribution in [1.82, 2.24) is 9.88 Å². The van der Waals surface area contributed by atoms with Gasteiger partial charge in [0, 0.05) is 31.9 Å². The van der Waals surface area contributed by atoms with E-state index in [1.807, 2.05) is 17.0 Å². The third-order valence-corrected chi connectivity index (χ3v) is 5.99. The molecule has 5 heteroatoms. The molecule has 1 aliphatic heterocycles. The first kappa shape index (κ1) is 20.9. The maximum Gasteiger partial charge on any atom is 0.255 e. The number of morpholine rings is 1. The molecule has 4 rings (SSSR count). The van der Waals surface area contributed by atoms with Gasteiger partial charge in [0.25, 0.3) is 5.91 Å². The smallest absolute Gasteiger partial charge is 0.255 e. The monoisotopic (exact) mass is 407 g/mol. The highest BCUT2D eigenvalue weighted by atomic mass is 16.5. The van der Waals surface area contributed by atoms with Crippen molar-refractivity contribution < 1.29 is 9.53 Å². The van der Waals surface area contributed by atoms with Crippen LogP contribution in [0, 0.1) is 0 Å². The van der Waals surface area contributed by atoms with Crippen molar-refractivity contribution in [2.45, 2.75) is 71.2 Å². The van der Waals surface area contributed by atoms with E-state index in [9.17, 15) is 4.79 Å². The van der Waals surface area contributed by atoms with Gasteiger partial charge in [-0.2, -0.15) is 0 Å². The fourth-order valence-electron chi connectivity index (χ4n) is 4.19. The van der Waals surface area contributed by atoms with Crippen LogP contribution in [0.1, 0.15) is 67.9 Å². The van der Waals surface area contributed by atoms with Gasteiger partial charge in [0.05, 0.1) is 17.8 Å². The number of amides is 1. The van der Waals surface area contributed by atoms with Gasteiger partial charge in [-0.15, -0.1) is 0 Å². The Morgan fingerprint density at radius 1 is 1.10 bits per heavy atom. The summed E-state index contributed by atoms with van der Waals surface area (Å²) in [5.74, 6) is 1.51. The Kier molecular flexibility index (Phi) is 6.09. The van der Waals surface area contributed by atoms with Crippen molar-refractivity contribution >= 4 is 11.7 Å². The van der Waals surface area contributed by atoms with Crippen LogP contribution >= 0.6 is 0 Å². The number of hydrogen-bond donors (Lipinski definition) is 0. The maximum atomic E-state index is 13.2. The van der Waals surface area contributed by atoms with Gasteiger partial charge >= 0.3 is 0 Å². The Labute approximate surface area is 180 Å². The molecule has 2 aromatic rings. The Bertz CT molecular complexity index is 849. The number of aromatic nitrogens is 1. The quantitative estimate of drug-likeness (QED) is 0.701. The van der Waals surface area contributed by atoms with Crippen molar-refractivity contribution in [3.63, 3.8) is 0 Å². The van der Waals surface area contributed by atoms with Gasteiger partial charge in [-0.25, -0.2) is 4.98 Å². The summed E-state index contributed by atoms with van der Waals surface area (Å²) < 4.78 is 5.81. The fourth-order valence-corrected chi connectivity index (χ4v) is 4.19. The summed E-state index contributed by atoms with van der Waals surface area (Å²) >= 11 is 0. The summed E-state index contributed by atoms with van der Waals surface area (Å²) in [6, 6.07) is 12.9.